The summed E-state index contributed by atoms with van der Waals surface area (Å²) < 4.78 is 32.7. The van der Waals surface area contributed by atoms with Crippen LogP contribution in [-0.4, -0.2) is 59.9 Å². The molecule has 1 unspecified atom stereocenters. The van der Waals surface area contributed by atoms with Crippen LogP contribution < -0.4 is 5.73 Å². The minimum absolute atomic E-state index is 0.156. The van der Waals surface area contributed by atoms with Gasteiger partial charge >= 0.3 is 25.7 Å². The molecule has 0 radical (unpaired) electrons. The van der Waals surface area contributed by atoms with Gasteiger partial charge in [0.25, 0.3) is 0 Å². The average molecular weight is 814 g/mol. The maximum atomic E-state index is 12.6. The second-order valence-corrected chi connectivity index (χ2v) is 16.3. The van der Waals surface area contributed by atoms with E-state index in [-0.39, 0.29) is 19.4 Å². The molecule has 0 saturated heterocycles. The zero-order chi connectivity index (χ0) is 41.4. The van der Waals surface area contributed by atoms with E-state index in [9.17, 15) is 23.8 Å². The largest absolute Gasteiger partial charge is 0.480 e. The van der Waals surface area contributed by atoms with Crippen molar-refractivity contribution < 1.29 is 47.5 Å². The van der Waals surface area contributed by atoms with Gasteiger partial charge in [0.05, 0.1) is 13.2 Å². The fraction of sp³-hybridized carbons (Fsp3) is 0.795. The summed E-state index contributed by atoms with van der Waals surface area (Å²) in [5.41, 5.74) is 5.33. The smallest absolute Gasteiger partial charge is 0.472 e. The first kappa shape index (κ1) is 53.7. The Morgan fingerprint density at radius 3 is 1.41 bits per heavy atom. The molecule has 0 aliphatic carbocycles. The van der Waals surface area contributed by atoms with Crippen LogP contribution in [0.5, 0.6) is 0 Å². The van der Waals surface area contributed by atoms with Crippen molar-refractivity contribution in [2.75, 3.05) is 19.8 Å². The third kappa shape index (κ3) is 38.6. The van der Waals surface area contributed by atoms with Crippen LogP contribution in [0.2, 0.25) is 0 Å². The Hall–Kier alpha value is -2.30. The highest BCUT2D eigenvalue weighted by molar-refractivity contribution is 7.47. The number of carbonyl (C=O) groups excluding carboxylic acids is 2. The molecule has 0 heterocycles. The third-order valence-corrected chi connectivity index (χ3v) is 10.3. The van der Waals surface area contributed by atoms with E-state index in [1.807, 2.05) is 0 Å². The van der Waals surface area contributed by atoms with Crippen LogP contribution in [0.1, 0.15) is 194 Å². The number of ether oxygens (including phenoxy) is 2. The van der Waals surface area contributed by atoms with Crippen molar-refractivity contribution in [3.8, 4) is 0 Å². The number of allylic oxidation sites excluding steroid dienone is 6. The first-order chi connectivity index (χ1) is 27.1. The normalized spacial score (nSPS) is 14.1. The Labute approximate surface area is 340 Å². The summed E-state index contributed by atoms with van der Waals surface area (Å²) in [7, 11) is -4.72. The average Bonchev–Trinajstić information content (AvgIpc) is 3.17. The summed E-state index contributed by atoms with van der Waals surface area (Å²) in [6.45, 7) is 2.76. The van der Waals surface area contributed by atoms with Gasteiger partial charge < -0.3 is 25.2 Å². The Morgan fingerprint density at radius 2 is 0.946 bits per heavy atom. The number of phosphoric ester groups is 1. The van der Waals surface area contributed by atoms with E-state index in [4.69, 9.17) is 24.8 Å². The van der Waals surface area contributed by atoms with Crippen molar-refractivity contribution in [3.63, 3.8) is 0 Å². The van der Waals surface area contributed by atoms with Crippen molar-refractivity contribution in [2.24, 2.45) is 5.73 Å². The highest BCUT2D eigenvalue weighted by Gasteiger charge is 2.28. The quantitative estimate of drug-likeness (QED) is 0.0176. The van der Waals surface area contributed by atoms with Crippen molar-refractivity contribution in [1.29, 1.82) is 0 Å². The van der Waals surface area contributed by atoms with E-state index < -0.39 is 51.1 Å². The minimum atomic E-state index is -4.72. The summed E-state index contributed by atoms with van der Waals surface area (Å²) >= 11 is 0. The van der Waals surface area contributed by atoms with Crippen LogP contribution in [0.15, 0.2) is 36.5 Å². The second-order valence-electron chi connectivity index (χ2n) is 14.9. The van der Waals surface area contributed by atoms with Crippen LogP contribution >= 0.6 is 7.82 Å². The van der Waals surface area contributed by atoms with Gasteiger partial charge in [0.15, 0.2) is 6.10 Å². The summed E-state index contributed by atoms with van der Waals surface area (Å²) in [5.74, 6) is -2.40. The molecule has 0 spiro atoms. The lowest BCUT2D eigenvalue weighted by atomic mass is 10.1. The number of nitrogens with two attached hydrogens (primary N) is 1. The molecule has 56 heavy (non-hydrogen) atoms. The monoisotopic (exact) mass is 814 g/mol. The summed E-state index contributed by atoms with van der Waals surface area (Å²) in [6.07, 6.45) is 42.0. The third-order valence-electron chi connectivity index (χ3n) is 9.39. The SMILES string of the molecule is CCCCCC/C=C/C=C/CCCCCCCC(=O)OC[C@H](COP(=O)(O)OC[C@H](N)C(=O)O)OC(=O)CCCCCCCCCCC/C=C/CCCCCC. The van der Waals surface area contributed by atoms with Crippen molar-refractivity contribution >= 4 is 25.7 Å². The lowest BCUT2D eigenvalue weighted by Gasteiger charge is -2.20. The summed E-state index contributed by atoms with van der Waals surface area (Å²) in [6, 6.07) is -1.52. The molecule has 0 aromatic rings. The number of phosphoric acid groups is 1. The predicted octanol–water partition coefficient (Wildman–Crippen LogP) is 11.6. The van der Waals surface area contributed by atoms with E-state index in [2.05, 4.69) is 54.8 Å². The molecule has 0 aromatic carbocycles. The number of hydrogen-bond donors (Lipinski definition) is 3. The number of hydrogen-bond acceptors (Lipinski definition) is 9. The fourth-order valence-electron chi connectivity index (χ4n) is 5.87. The molecule has 4 N–H and O–H groups in total. The maximum Gasteiger partial charge on any atom is 0.472 e. The molecule has 0 aliphatic rings. The van der Waals surface area contributed by atoms with E-state index in [1.54, 1.807) is 0 Å². The Morgan fingerprint density at radius 1 is 0.554 bits per heavy atom. The topological polar surface area (TPSA) is 172 Å². The number of unbranched alkanes of at least 4 members (excludes halogenated alkanes) is 22. The highest BCUT2D eigenvalue weighted by atomic mass is 31.2. The van der Waals surface area contributed by atoms with Gasteiger partial charge in [-0.15, -0.1) is 0 Å². The van der Waals surface area contributed by atoms with E-state index in [0.717, 1.165) is 57.8 Å². The van der Waals surface area contributed by atoms with Gasteiger partial charge in [0, 0.05) is 12.8 Å². The number of rotatable bonds is 41. The standard InChI is InChI=1S/C44H80NO10P/c1-3-5-7-9-11-13-15-17-19-20-22-24-26-28-30-32-34-36-43(47)55-40(38-53-56(50,51)54-39-41(45)44(48)49)37-52-42(46)35-33-31-29-27-25-23-21-18-16-14-12-10-8-6-4-2/h13-16,18,21,40-41H,3-12,17,19-20,22-39,45H2,1-2H3,(H,48,49)(H,50,51)/b15-13+,16-14+,21-18+/t40-,41+/m1/s1. The molecular formula is C44H80NO10P. The van der Waals surface area contributed by atoms with Gasteiger partial charge in [-0.05, 0) is 64.2 Å². The molecule has 12 heteroatoms. The molecule has 0 rings (SSSR count). The Kier molecular flexibility index (Phi) is 37.9. The summed E-state index contributed by atoms with van der Waals surface area (Å²) in [4.78, 5) is 45.9. The molecule has 0 aromatic heterocycles. The highest BCUT2D eigenvalue weighted by Crippen LogP contribution is 2.43. The first-order valence-corrected chi connectivity index (χ1v) is 23.5. The molecule has 0 amide bonds. The second kappa shape index (κ2) is 39.5. The number of aliphatic carboxylic acids is 1. The van der Waals surface area contributed by atoms with Crippen molar-refractivity contribution in [2.45, 2.75) is 206 Å². The number of carboxylic acids is 1. The predicted molar refractivity (Wildman–Crippen MR) is 226 cm³/mol. The van der Waals surface area contributed by atoms with E-state index in [1.165, 1.54) is 96.3 Å². The molecule has 0 saturated carbocycles. The summed E-state index contributed by atoms with van der Waals surface area (Å²) in [5, 5.41) is 8.89. The fourth-order valence-corrected chi connectivity index (χ4v) is 6.65. The van der Waals surface area contributed by atoms with Gasteiger partial charge in [-0.1, -0.05) is 153 Å². The van der Waals surface area contributed by atoms with E-state index in [0.29, 0.717) is 12.8 Å². The van der Waals surface area contributed by atoms with Gasteiger partial charge in [0.1, 0.15) is 12.6 Å². The van der Waals surface area contributed by atoms with Gasteiger partial charge in [-0.25, -0.2) is 4.57 Å². The molecular weight excluding hydrogens is 733 g/mol. The van der Waals surface area contributed by atoms with Crippen LogP contribution in [0, 0.1) is 0 Å². The van der Waals surface area contributed by atoms with E-state index >= 15 is 0 Å². The lowest BCUT2D eigenvalue weighted by molar-refractivity contribution is -0.161. The molecule has 3 atom stereocenters. The van der Waals surface area contributed by atoms with Crippen LogP contribution in [-0.2, 0) is 37.5 Å². The molecule has 0 fully saturated rings. The molecule has 326 valence electrons. The van der Waals surface area contributed by atoms with Crippen LogP contribution in [0.4, 0.5) is 0 Å². The number of esters is 2. The minimum Gasteiger partial charge on any atom is -0.480 e. The van der Waals surface area contributed by atoms with Gasteiger partial charge in [-0.2, -0.15) is 0 Å². The van der Waals surface area contributed by atoms with Gasteiger partial charge in [0.2, 0.25) is 0 Å². The Bertz CT molecular complexity index is 1100. The zero-order valence-electron chi connectivity index (χ0n) is 35.2. The molecule has 0 bridgehead atoms. The van der Waals surface area contributed by atoms with Crippen molar-refractivity contribution in [3.05, 3.63) is 36.5 Å². The molecule has 0 aliphatic heterocycles. The molecule has 11 nitrogen and oxygen atoms in total. The lowest BCUT2D eigenvalue weighted by Crippen LogP contribution is -2.34. The number of carbonyl (C=O) groups is 3. The zero-order valence-corrected chi connectivity index (χ0v) is 36.1. The Balaban J connectivity index is 4.38. The number of carboxylic acid groups (broad SMARTS) is 1. The van der Waals surface area contributed by atoms with Crippen LogP contribution in [0.25, 0.3) is 0 Å². The van der Waals surface area contributed by atoms with Crippen molar-refractivity contribution in [1.82, 2.24) is 0 Å². The van der Waals surface area contributed by atoms with Gasteiger partial charge in [-0.3, -0.25) is 23.4 Å². The first-order valence-electron chi connectivity index (χ1n) is 22.0. The van der Waals surface area contributed by atoms with Crippen LogP contribution in [0.3, 0.4) is 0 Å². The maximum absolute atomic E-state index is 12.6.